The second-order valence-corrected chi connectivity index (χ2v) is 5.52. The molecule has 0 aliphatic rings. The summed E-state index contributed by atoms with van der Waals surface area (Å²) in [5.41, 5.74) is 2.72. The zero-order valence-electron chi connectivity index (χ0n) is 11.9. The summed E-state index contributed by atoms with van der Waals surface area (Å²) in [6.07, 6.45) is 0. The predicted octanol–water partition coefficient (Wildman–Crippen LogP) is 3.49. The number of aromatic nitrogens is 2. The third-order valence-corrected chi connectivity index (χ3v) is 3.80. The van der Waals surface area contributed by atoms with Gasteiger partial charge in [0.05, 0.1) is 4.90 Å². The molecule has 1 aromatic carbocycles. The first-order chi connectivity index (χ1) is 9.60. The minimum atomic E-state index is -0.229. The molecule has 1 aromatic heterocycles. The van der Waals surface area contributed by atoms with Crippen LogP contribution in [0.4, 0.5) is 4.39 Å². The van der Waals surface area contributed by atoms with E-state index in [-0.39, 0.29) is 5.82 Å². The number of nitrogens with zero attached hydrogens (tertiary/aromatic N) is 2. The molecule has 2 aromatic rings. The van der Waals surface area contributed by atoms with E-state index in [9.17, 15) is 4.39 Å². The number of aryl methyl sites for hydroxylation is 2. The van der Waals surface area contributed by atoms with Crippen molar-refractivity contribution in [2.24, 2.45) is 0 Å². The molecule has 3 nitrogen and oxygen atoms in total. The molecule has 106 valence electrons. The van der Waals surface area contributed by atoms with E-state index in [4.69, 9.17) is 0 Å². The van der Waals surface area contributed by atoms with Gasteiger partial charge in [0, 0.05) is 17.9 Å². The van der Waals surface area contributed by atoms with Gasteiger partial charge in [-0.25, -0.2) is 14.4 Å². The molecule has 0 atom stereocenters. The molecule has 1 N–H and O–H groups in total. The molecule has 0 amide bonds. The van der Waals surface area contributed by atoms with Crippen LogP contribution in [-0.2, 0) is 6.54 Å². The molecule has 0 aliphatic carbocycles. The highest BCUT2D eigenvalue weighted by molar-refractivity contribution is 7.99. The number of hydrogen-bond donors (Lipinski definition) is 1. The minimum absolute atomic E-state index is 0.229. The molecule has 2 rings (SSSR count). The lowest BCUT2D eigenvalue weighted by Crippen LogP contribution is -2.12. The van der Waals surface area contributed by atoms with Gasteiger partial charge >= 0.3 is 0 Å². The number of benzene rings is 1. The summed E-state index contributed by atoms with van der Waals surface area (Å²) >= 11 is 1.28. The van der Waals surface area contributed by atoms with E-state index in [0.717, 1.165) is 23.5 Å². The number of hydrogen-bond acceptors (Lipinski definition) is 4. The van der Waals surface area contributed by atoms with Crippen molar-refractivity contribution in [3.05, 3.63) is 47.0 Å². The van der Waals surface area contributed by atoms with Gasteiger partial charge in [-0.2, -0.15) is 0 Å². The Morgan fingerprint density at radius 3 is 2.55 bits per heavy atom. The summed E-state index contributed by atoms with van der Waals surface area (Å²) in [5.74, 6) is -0.229. The zero-order chi connectivity index (χ0) is 14.5. The maximum absolute atomic E-state index is 14.1. The second kappa shape index (κ2) is 6.81. The van der Waals surface area contributed by atoms with Gasteiger partial charge in [-0.1, -0.05) is 19.1 Å². The van der Waals surface area contributed by atoms with Crippen molar-refractivity contribution >= 4 is 11.8 Å². The minimum Gasteiger partial charge on any atom is -0.313 e. The molecular formula is C15H18FN3S. The molecule has 0 radical (unpaired) electrons. The first-order valence-electron chi connectivity index (χ1n) is 6.58. The van der Waals surface area contributed by atoms with Crippen LogP contribution in [0.1, 0.15) is 23.9 Å². The van der Waals surface area contributed by atoms with E-state index in [0.29, 0.717) is 16.6 Å². The Morgan fingerprint density at radius 1 is 1.20 bits per heavy atom. The highest BCUT2D eigenvalue weighted by atomic mass is 32.2. The average Bonchev–Trinajstić information content (AvgIpc) is 2.38. The fraction of sp³-hybridized carbons (Fsp3) is 0.333. The van der Waals surface area contributed by atoms with E-state index in [1.807, 2.05) is 32.9 Å². The highest BCUT2D eigenvalue weighted by Crippen LogP contribution is 2.30. The van der Waals surface area contributed by atoms with Gasteiger partial charge in [0.2, 0.25) is 0 Å². The van der Waals surface area contributed by atoms with E-state index in [2.05, 4.69) is 15.3 Å². The summed E-state index contributed by atoms with van der Waals surface area (Å²) in [5, 5.41) is 3.81. The Labute approximate surface area is 123 Å². The van der Waals surface area contributed by atoms with Crippen LogP contribution in [0.3, 0.4) is 0 Å². The van der Waals surface area contributed by atoms with Crippen LogP contribution in [0.25, 0.3) is 0 Å². The summed E-state index contributed by atoms with van der Waals surface area (Å²) in [4.78, 5) is 9.31. The topological polar surface area (TPSA) is 37.8 Å². The quantitative estimate of drug-likeness (QED) is 0.856. The van der Waals surface area contributed by atoms with Crippen LogP contribution in [-0.4, -0.2) is 16.5 Å². The monoisotopic (exact) mass is 291 g/mol. The number of halogens is 1. The van der Waals surface area contributed by atoms with Crippen LogP contribution in [0, 0.1) is 19.7 Å². The van der Waals surface area contributed by atoms with Gasteiger partial charge in [-0.15, -0.1) is 0 Å². The lowest BCUT2D eigenvalue weighted by atomic mass is 10.2. The molecule has 0 bridgehead atoms. The Balaban J connectivity index is 2.31. The third kappa shape index (κ3) is 3.77. The fourth-order valence-electron chi connectivity index (χ4n) is 1.90. The Kier molecular flexibility index (Phi) is 5.09. The highest BCUT2D eigenvalue weighted by Gasteiger charge is 2.12. The van der Waals surface area contributed by atoms with Crippen molar-refractivity contribution in [1.29, 1.82) is 0 Å². The molecule has 1 heterocycles. The van der Waals surface area contributed by atoms with Crippen molar-refractivity contribution in [3.63, 3.8) is 0 Å². The molecule has 5 heteroatoms. The van der Waals surface area contributed by atoms with Crippen LogP contribution < -0.4 is 5.32 Å². The Bertz CT molecular complexity index is 581. The Hall–Kier alpha value is -1.46. The molecule has 20 heavy (non-hydrogen) atoms. The molecule has 0 saturated heterocycles. The van der Waals surface area contributed by atoms with Gasteiger partial charge in [-0.05, 0) is 49.9 Å². The summed E-state index contributed by atoms with van der Waals surface area (Å²) in [6, 6.07) is 7.04. The summed E-state index contributed by atoms with van der Waals surface area (Å²) in [6.45, 7) is 7.35. The zero-order valence-corrected chi connectivity index (χ0v) is 12.7. The van der Waals surface area contributed by atoms with Gasteiger partial charge < -0.3 is 5.32 Å². The van der Waals surface area contributed by atoms with Gasteiger partial charge in [-0.3, -0.25) is 0 Å². The van der Waals surface area contributed by atoms with Crippen LogP contribution in [0.5, 0.6) is 0 Å². The van der Waals surface area contributed by atoms with E-state index in [1.165, 1.54) is 17.8 Å². The molecule has 0 unspecified atom stereocenters. The second-order valence-electron chi connectivity index (χ2n) is 4.54. The van der Waals surface area contributed by atoms with E-state index < -0.39 is 0 Å². The Morgan fingerprint density at radius 2 is 1.90 bits per heavy atom. The molecule has 0 spiro atoms. The average molecular weight is 291 g/mol. The lowest BCUT2D eigenvalue weighted by molar-refractivity contribution is 0.591. The standard InChI is InChI=1S/C15H18FN3S/c1-4-17-9-12-6-5-7-13(16)14(12)20-15-18-10(2)8-11(3)19-15/h5-8,17H,4,9H2,1-3H3. The maximum atomic E-state index is 14.1. The van der Waals surface area contributed by atoms with Crippen molar-refractivity contribution in [2.75, 3.05) is 6.54 Å². The number of nitrogens with one attached hydrogen (secondary N) is 1. The maximum Gasteiger partial charge on any atom is 0.192 e. The summed E-state index contributed by atoms with van der Waals surface area (Å²) in [7, 11) is 0. The first kappa shape index (κ1) is 14.9. The van der Waals surface area contributed by atoms with Gasteiger partial charge in [0.15, 0.2) is 5.16 Å². The normalized spacial score (nSPS) is 10.8. The van der Waals surface area contributed by atoms with Gasteiger partial charge in [0.1, 0.15) is 5.82 Å². The lowest BCUT2D eigenvalue weighted by Gasteiger charge is -2.10. The summed E-state index contributed by atoms with van der Waals surface area (Å²) < 4.78 is 14.1. The molecule has 0 saturated carbocycles. The molecular weight excluding hydrogens is 273 g/mol. The third-order valence-electron chi connectivity index (χ3n) is 2.77. The molecule has 0 aliphatic heterocycles. The first-order valence-corrected chi connectivity index (χ1v) is 7.40. The largest absolute Gasteiger partial charge is 0.313 e. The van der Waals surface area contributed by atoms with Crippen molar-refractivity contribution in [2.45, 2.75) is 37.4 Å². The molecule has 0 fully saturated rings. The fourth-order valence-corrected chi connectivity index (χ4v) is 2.90. The SMILES string of the molecule is CCNCc1cccc(F)c1Sc1nc(C)cc(C)n1. The van der Waals surface area contributed by atoms with E-state index >= 15 is 0 Å². The smallest absolute Gasteiger partial charge is 0.192 e. The van der Waals surface area contributed by atoms with Crippen molar-refractivity contribution in [1.82, 2.24) is 15.3 Å². The van der Waals surface area contributed by atoms with Gasteiger partial charge in [0.25, 0.3) is 0 Å². The van der Waals surface area contributed by atoms with E-state index in [1.54, 1.807) is 6.07 Å². The van der Waals surface area contributed by atoms with Crippen LogP contribution >= 0.6 is 11.8 Å². The van der Waals surface area contributed by atoms with Crippen LogP contribution in [0.15, 0.2) is 34.3 Å². The van der Waals surface area contributed by atoms with Crippen molar-refractivity contribution < 1.29 is 4.39 Å². The van der Waals surface area contributed by atoms with Crippen molar-refractivity contribution in [3.8, 4) is 0 Å². The predicted molar refractivity (Wildman–Crippen MR) is 79.4 cm³/mol. The number of rotatable bonds is 5. The van der Waals surface area contributed by atoms with Crippen LogP contribution in [0.2, 0.25) is 0 Å².